The number of fused-ring (bicyclic) bond motifs is 2. The Morgan fingerprint density at radius 2 is 2.14 bits per heavy atom. The molecule has 192 valence electrons. The van der Waals surface area contributed by atoms with Crippen LogP contribution in [0.2, 0.25) is 25.7 Å². The Kier molecular flexibility index (Phi) is 6.41. The van der Waals surface area contributed by atoms with Gasteiger partial charge in [-0.2, -0.15) is 5.10 Å². The van der Waals surface area contributed by atoms with Crippen molar-refractivity contribution >= 4 is 36.0 Å². The second kappa shape index (κ2) is 10.5. The van der Waals surface area contributed by atoms with Crippen molar-refractivity contribution in [1.82, 2.24) is 29.6 Å². The second-order valence-corrected chi connectivity index (χ2v) is 15.7. The summed E-state index contributed by atoms with van der Waals surface area (Å²) in [6, 6.07) is 4.80. The maximum atomic E-state index is 13.8. The summed E-state index contributed by atoms with van der Waals surface area (Å²) in [5.74, 6) is -0.831. The highest BCUT2D eigenvalue weighted by Crippen LogP contribution is 2.29. The standard InChI is InChI=1S/C25H33FN6O3Si/c1-16(14-34-3)28-25(33)19-13-32(15-35-9-10-36(4,5)6)24-23(19)29-20(12-27-24)22-18-8-7-17(26)11-21(18)31(2)30-22/h7-8,11-13,16H,9-10,14-15H2,1-6H3,(H,28,33)/t16-/m0/s1/i3D3. The Morgan fingerprint density at radius 1 is 1.33 bits per heavy atom. The average molecular weight is 516 g/mol. The van der Waals surface area contributed by atoms with Gasteiger partial charge in [-0.3, -0.25) is 9.48 Å². The summed E-state index contributed by atoms with van der Waals surface area (Å²) in [5.41, 5.74) is 2.57. The van der Waals surface area contributed by atoms with E-state index in [2.05, 4.69) is 35.0 Å². The van der Waals surface area contributed by atoms with Crippen LogP contribution in [-0.4, -0.2) is 64.6 Å². The molecule has 0 aliphatic carbocycles. The van der Waals surface area contributed by atoms with Gasteiger partial charge in [0.05, 0.1) is 28.0 Å². The number of benzene rings is 1. The molecule has 0 bridgehead atoms. The zero-order valence-corrected chi connectivity index (χ0v) is 22.1. The monoisotopic (exact) mass is 515 g/mol. The third-order valence-corrected chi connectivity index (χ3v) is 7.51. The van der Waals surface area contributed by atoms with E-state index in [1.165, 1.54) is 12.1 Å². The molecule has 3 heterocycles. The number of ether oxygens (including phenoxy) is 2. The molecule has 0 aliphatic rings. The molecule has 0 radical (unpaired) electrons. The van der Waals surface area contributed by atoms with Crippen molar-refractivity contribution in [2.24, 2.45) is 7.05 Å². The summed E-state index contributed by atoms with van der Waals surface area (Å²) in [6.45, 7) is 9.04. The maximum Gasteiger partial charge on any atom is 0.255 e. The smallest absolute Gasteiger partial charge is 0.255 e. The van der Waals surface area contributed by atoms with Crippen LogP contribution in [0.5, 0.6) is 0 Å². The lowest BCUT2D eigenvalue weighted by atomic mass is 10.1. The molecule has 9 nitrogen and oxygen atoms in total. The number of nitrogens with zero attached hydrogens (tertiary/aromatic N) is 5. The summed E-state index contributed by atoms with van der Waals surface area (Å²) < 4.78 is 49.5. The molecule has 1 atom stereocenters. The minimum Gasteiger partial charge on any atom is -0.383 e. The van der Waals surface area contributed by atoms with Gasteiger partial charge < -0.3 is 19.4 Å². The second-order valence-electron chi connectivity index (χ2n) is 10.1. The maximum absolute atomic E-state index is 13.8. The lowest BCUT2D eigenvalue weighted by molar-refractivity contribution is 0.0881. The first-order valence-electron chi connectivity index (χ1n) is 13.2. The van der Waals surface area contributed by atoms with Crippen LogP contribution in [0, 0.1) is 5.82 Å². The molecule has 1 amide bonds. The number of nitrogens with one attached hydrogen (secondary N) is 1. The van der Waals surface area contributed by atoms with Crippen molar-refractivity contribution in [3.05, 3.63) is 42.0 Å². The third-order valence-electron chi connectivity index (χ3n) is 5.80. The highest BCUT2D eigenvalue weighted by atomic mass is 28.3. The fourth-order valence-corrected chi connectivity index (χ4v) is 4.62. The van der Waals surface area contributed by atoms with Gasteiger partial charge >= 0.3 is 0 Å². The first-order chi connectivity index (χ1) is 18.2. The molecule has 0 saturated carbocycles. The minimum atomic E-state index is -2.56. The average Bonchev–Trinajstić information content (AvgIpc) is 3.36. The SMILES string of the molecule is [2H]C([2H])([2H])OC[C@H](C)NC(=O)c1cn(COCC[Si](C)(C)C)c2ncc(-c3nn(C)c4cc(F)ccc34)nc12. The number of methoxy groups -OCH3 is 1. The first-order valence-corrected chi connectivity index (χ1v) is 15.4. The third kappa shape index (κ3) is 5.63. The number of hydrogen-bond acceptors (Lipinski definition) is 6. The Hall–Kier alpha value is -3.15. The number of amides is 1. The zero-order chi connectivity index (χ0) is 28.5. The quantitative estimate of drug-likeness (QED) is 0.251. The molecule has 1 aromatic carbocycles. The van der Waals surface area contributed by atoms with E-state index in [1.807, 2.05) is 0 Å². The summed E-state index contributed by atoms with van der Waals surface area (Å²) in [6.07, 6.45) is 3.20. The zero-order valence-electron chi connectivity index (χ0n) is 24.1. The molecule has 0 fully saturated rings. The van der Waals surface area contributed by atoms with Crippen LogP contribution in [0.15, 0.2) is 30.6 Å². The number of halogens is 1. The predicted molar refractivity (Wildman–Crippen MR) is 140 cm³/mol. The van der Waals surface area contributed by atoms with Gasteiger partial charge in [0.15, 0.2) is 5.65 Å². The fraction of sp³-hybridized carbons (Fsp3) is 0.440. The molecule has 3 aromatic heterocycles. The van der Waals surface area contributed by atoms with Crippen molar-refractivity contribution < 1.29 is 22.8 Å². The highest BCUT2D eigenvalue weighted by molar-refractivity contribution is 6.76. The van der Waals surface area contributed by atoms with Crippen LogP contribution in [0.25, 0.3) is 33.5 Å². The summed E-state index contributed by atoms with van der Waals surface area (Å²) in [7, 11) is -2.12. The van der Waals surface area contributed by atoms with Crippen LogP contribution in [0.4, 0.5) is 4.39 Å². The molecule has 0 aliphatic heterocycles. The van der Waals surface area contributed by atoms with E-state index < -0.39 is 27.1 Å². The Morgan fingerprint density at radius 3 is 2.89 bits per heavy atom. The number of rotatable bonds is 10. The molecule has 4 aromatic rings. The van der Waals surface area contributed by atoms with Gasteiger partial charge in [-0.1, -0.05) is 19.6 Å². The molecule has 36 heavy (non-hydrogen) atoms. The van der Waals surface area contributed by atoms with Gasteiger partial charge in [-0.15, -0.1) is 0 Å². The van der Waals surface area contributed by atoms with E-state index in [9.17, 15) is 9.18 Å². The molecule has 11 heteroatoms. The van der Waals surface area contributed by atoms with Gasteiger partial charge in [0.2, 0.25) is 0 Å². The normalized spacial score (nSPS) is 14.6. The number of aromatic nitrogens is 5. The molecule has 0 saturated heterocycles. The van der Waals surface area contributed by atoms with E-state index in [0.717, 1.165) is 6.04 Å². The fourth-order valence-electron chi connectivity index (χ4n) is 3.86. The topological polar surface area (TPSA) is 96.1 Å². The van der Waals surface area contributed by atoms with E-state index >= 15 is 0 Å². The van der Waals surface area contributed by atoms with Crippen LogP contribution in [0.3, 0.4) is 0 Å². The van der Waals surface area contributed by atoms with E-state index in [0.29, 0.717) is 40.1 Å². The molecular formula is C25H33FN6O3Si. The van der Waals surface area contributed by atoms with Gasteiger partial charge in [-0.05, 0) is 31.2 Å². The molecule has 0 spiro atoms. The van der Waals surface area contributed by atoms with E-state index in [4.69, 9.17) is 18.6 Å². The molecular weight excluding hydrogens is 479 g/mol. The van der Waals surface area contributed by atoms with Gasteiger partial charge in [0, 0.05) is 46.4 Å². The molecule has 1 N–H and O–H groups in total. The lowest BCUT2D eigenvalue weighted by Crippen LogP contribution is -2.35. The van der Waals surface area contributed by atoms with Gasteiger partial charge in [-0.25, -0.2) is 14.4 Å². The van der Waals surface area contributed by atoms with Gasteiger partial charge in [0.25, 0.3) is 5.91 Å². The van der Waals surface area contributed by atoms with Crippen molar-refractivity contribution in [3.8, 4) is 11.4 Å². The molecule has 4 rings (SSSR count). The van der Waals surface area contributed by atoms with E-state index in [1.54, 1.807) is 41.7 Å². The predicted octanol–water partition coefficient (Wildman–Crippen LogP) is 4.20. The van der Waals surface area contributed by atoms with Crippen LogP contribution < -0.4 is 5.32 Å². The van der Waals surface area contributed by atoms with Crippen molar-refractivity contribution in [2.45, 2.75) is 45.4 Å². The Labute approximate surface area is 214 Å². The van der Waals surface area contributed by atoms with Crippen LogP contribution in [-0.2, 0) is 23.3 Å². The van der Waals surface area contributed by atoms with Crippen molar-refractivity contribution in [3.63, 3.8) is 0 Å². The first kappa shape index (κ1) is 22.1. The summed E-state index contributed by atoms with van der Waals surface area (Å²) >= 11 is 0. The largest absolute Gasteiger partial charge is 0.383 e. The Balaban J connectivity index is 1.69. The van der Waals surface area contributed by atoms with Crippen molar-refractivity contribution in [2.75, 3.05) is 20.3 Å². The summed E-state index contributed by atoms with van der Waals surface area (Å²) in [4.78, 5) is 22.6. The van der Waals surface area contributed by atoms with Gasteiger partial charge in [0.1, 0.15) is 29.5 Å². The number of aryl methyl sites for hydroxylation is 1. The highest BCUT2D eigenvalue weighted by Gasteiger charge is 2.22. The number of carbonyl (C=O) groups is 1. The number of hydrogen-bond donors (Lipinski definition) is 1. The van der Waals surface area contributed by atoms with Crippen LogP contribution >= 0.6 is 0 Å². The minimum absolute atomic E-state index is 0.186. The van der Waals surface area contributed by atoms with E-state index in [-0.39, 0.29) is 24.7 Å². The molecule has 0 unspecified atom stereocenters. The Bertz CT molecular complexity index is 1500. The summed E-state index contributed by atoms with van der Waals surface area (Å²) in [5, 5.41) is 7.98. The lowest BCUT2D eigenvalue weighted by Gasteiger charge is -2.15. The number of carbonyl (C=O) groups excluding carboxylic acids is 1. The van der Waals surface area contributed by atoms with Crippen molar-refractivity contribution in [1.29, 1.82) is 0 Å². The van der Waals surface area contributed by atoms with Crippen LogP contribution in [0.1, 0.15) is 21.4 Å².